The SMILES string of the molecule is C/C=C\c1c(Cl)cc(OC)c(CC(C)N)c1N. The van der Waals surface area contributed by atoms with Gasteiger partial charge in [-0.3, -0.25) is 0 Å². The van der Waals surface area contributed by atoms with Gasteiger partial charge in [0.1, 0.15) is 5.75 Å². The zero-order valence-corrected chi connectivity index (χ0v) is 11.2. The fourth-order valence-corrected chi connectivity index (χ4v) is 2.02. The minimum atomic E-state index is 0.0193. The summed E-state index contributed by atoms with van der Waals surface area (Å²) in [5.41, 5.74) is 14.3. The van der Waals surface area contributed by atoms with Crippen molar-refractivity contribution >= 4 is 23.4 Å². The average molecular weight is 255 g/mol. The number of ether oxygens (including phenoxy) is 1. The molecule has 4 N–H and O–H groups in total. The summed E-state index contributed by atoms with van der Waals surface area (Å²) in [6, 6.07) is 1.80. The van der Waals surface area contributed by atoms with Crippen molar-refractivity contribution in [2.45, 2.75) is 26.3 Å². The highest BCUT2D eigenvalue weighted by Crippen LogP contribution is 2.35. The topological polar surface area (TPSA) is 61.3 Å². The molecule has 0 spiro atoms. The maximum atomic E-state index is 6.16. The number of halogens is 1. The Morgan fingerprint density at radius 3 is 2.65 bits per heavy atom. The van der Waals surface area contributed by atoms with Crippen LogP contribution >= 0.6 is 11.6 Å². The molecule has 0 heterocycles. The molecular formula is C13H19ClN2O. The lowest BCUT2D eigenvalue weighted by atomic mass is 10.00. The van der Waals surface area contributed by atoms with Crippen molar-refractivity contribution in [3.8, 4) is 5.75 Å². The van der Waals surface area contributed by atoms with Crippen LogP contribution in [0.15, 0.2) is 12.1 Å². The predicted octanol–water partition coefficient (Wildman–Crippen LogP) is 2.85. The molecular weight excluding hydrogens is 236 g/mol. The van der Waals surface area contributed by atoms with E-state index in [9.17, 15) is 0 Å². The monoisotopic (exact) mass is 254 g/mol. The summed E-state index contributed by atoms with van der Waals surface area (Å²) < 4.78 is 5.30. The van der Waals surface area contributed by atoms with Gasteiger partial charge in [0.2, 0.25) is 0 Å². The molecule has 17 heavy (non-hydrogen) atoms. The lowest BCUT2D eigenvalue weighted by molar-refractivity contribution is 0.409. The van der Waals surface area contributed by atoms with Crippen LogP contribution in [0, 0.1) is 0 Å². The smallest absolute Gasteiger partial charge is 0.125 e. The fourth-order valence-electron chi connectivity index (χ4n) is 1.75. The molecule has 1 rings (SSSR count). The summed E-state index contributed by atoms with van der Waals surface area (Å²) in [7, 11) is 1.60. The maximum absolute atomic E-state index is 6.16. The van der Waals surface area contributed by atoms with Gasteiger partial charge in [-0.25, -0.2) is 0 Å². The van der Waals surface area contributed by atoms with Gasteiger partial charge in [0, 0.05) is 22.9 Å². The lowest BCUT2D eigenvalue weighted by Gasteiger charge is -2.16. The number of rotatable bonds is 4. The molecule has 1 atom stereocenters. The van der Waals surface area contributed by atoms with Crippen LogP contribution in [0.4, 0.5) is 5.69 Å². The summed E-state index contributed by atoms with van der Waals surface area (Å²) in [5, 5.41) is 0.589. The van der Waals surface area contributed by atoms with E-state index >= 15 is 0 Å². The van der Waals surface area contributed by atoms with Crippen LogP contribution in [0.1, 0.15) is 25.0 Å². The van der Waals surface area contributed by atoms with Crippen LogP contribution in [-0.4, -0.2) is 13.2 Å². The van der Waals surface area contributed by atoms with E-state index in [-0.39, 0.29) is 6.04 Å². The molecule has 1 aromatic rings. The highest BCUT2D eigenvalue weighted by Gasteiger charge is 2.15. The third-order valence-electron chi connectivity index (χ3n) is 2.51. The molecule has 1 unspecified atom stereocenters. The highest BCUT2D eigenvalue weighted by molar-refractivity contribution is 6.32. The van der Waals surface area contributed by atoms with Gasteiger partial charge < -0.3 is 16.2 Å². The van der Waals surface area contributed by atoms with E-state index in [4.69, 9.17) is 27.8 Å². The first kappa shape index (κ1) is 13.9. The first-order chi connectivity index (χ1) is 8.01. The second-order valence-corrected chi connectivity index (χ2v) is 4.46. The molecule has 0 aliphatic rings. The highest BCUT2D eigenvalue weighted by atomic mass is 35.5. The number of hydrogen-bond acceptors (Lipinski definition) is 3. The first-order valence-electron chi connectivity index (χ1n) is 5.54. The maximum Gasteiger partial charge on any atom is 0.125 e. The fraction of sp³-hybridized carbons (Fsp3) is 0.385. The van der Waals surface area contributed by atoms with E-state index in [0.29, 0.717) is 22.9 Å². The third-order valence-corrected chi connectivity index (χ3v) is 2.82. The molecule has 3 nitrogen and oxygen atoms in total. The van der Waals surface area contributed by atoms with Gasteiger partial charge in [-0.2, -0.15) is 0 Å². The standard InChI is InChI=1S/C13H19ClN2O/c1-4-5-9-11(14)7-12(17-3)10(13(9)16)6-8(2)15/h4-5,7-8H,6,15-16H2,1-3H3/b5-4-. The van der Waals surface area contributed by atoms with Gasteiger partial charge in [-0.1, -0.05) is 23.8 Å². The molecule has 0 saturated heterocycles. The van der Waals surface area contributed by atoms with Crippen molar-refractivity contribution in [3.63, 3.8) is 0 Å². The molecule has 4 heteroatoms. The van der Waals surface area contributed by atoms with E-state index in [2.05, 4.69) is 0 Å². The zero-order chi connectivity index (χ0) is 13.0. The number of nitrogens with two attached hydrogens (primary N) is 2. The van der Waals surface area contributed by atoms with Crippen LogP contribution in [0.3, 0.4) is 0 Å². The zero-order valence-electron chi connectivity index (χ0n) is 10.5. The number of hydrogen-bond donors (Lipinski definition) is 2. The molecule has 0 aliphatic heterocycles. The summed E-state index contributed by atoms with van der Waals surface area (Å²) in [4.78, 5) is 0. The Bertz CT molecular complexity index is 428. The van der Waals surface area contributed by atoms with Gasteiger partial charge in [0.05, 0.1) is 12.1 Å². The molecule has 0 radical (unpaired) electrons. The Hall–Kier alpha value is -1.19. The number of allylic oxidation sites excluding steroid dienone is 1. The molecule has 0 aromatic heterocycles. The minimum absolute atomic E-state index is 0.0193. The van der Waals surface area contributed by atoms with E-state index in [0.717, 1.165) is 11.1 Å². The van der Waals surface area contributed by atoms with E-state index in [1.54, 1.807) is 13.2 Å². The van der Waals surface area contributed by atoms with Crippen molar-refractivity contribution < 1.29 is 4.74 Å². The van der Waals surface area contributed by atoms with Crippen molar-refractivity contribution in [2.75, 3.05) is 12.8 Å². The normalized spacial score (nSPS) is 13.0. The summed E-state index contributed by atoms with van der Waals surface area (Å²) >= 11 is 6.16. The molecule has 0 fully saturated rings. The molecule has 0 aliphatic carbocycles. The first-order valence-corrected chi connectivity index (χ1v) is 5.92. The van der Waals surface area contributed by atoms with Crippen LogP contribution in [0.5, 0.6) is 5.75 Å². The quantitative estimate of drug-likeness (QED) is 0.813. The number of anilines is 1. The van der Waals surface area contributed by atoms with Crippen molar-refractivity contribution in [3.05, 3.63) is 28.3 Å². The predicted molar refractivity (Wildman–Crippen MR) is 74.5 cm³/mol. The van der Waals surface area contributed by atoms with Gasteiger partial charge in [-0.15, -0.1) is 0 Å². The second-order valence-electron chi connectivity index (χ2n) is 4.05. The Balaban J connectivity index is 3.38. The average Bonchev–Trinajstić information content (AvgIpc) is 2.27. The van der Waals surface area contributed by atoms with E-state index in [1.165, 1.54) is 0 Å². The molecule has 0 saturated carbocycles. The number of methoxy groups -OCH3 is 1. The second kappa shape index (κ2) is 5.94. The Morgan fingerprint density at radius 1 is 1.53 bits per heavy atom. The Morgan fingerprint density at radius 2 is 2.18 bits per heavy atom. The van der Waals surface area contributed by atoms with E-state index < -0.39 is 0 Å². The summed E-state index contributed by atoms with van der Waals surface area (Å²) in [5.74, 6) is 0.693. The van der Waals surface area contributed by atoms with Crippen LogP contribution in [0.25, 0.3) is 6.08 Å². The minimum Gasteiger partial charge on any atom is -0.496 e. The van der Waals surface area contributed by atoms with Gasteiger partial charge >= 0.3 is 0 Å². The van der Waals surface area contributed by atoms with Crippen LogP contribution < -0.4 is 16.2 Å². The largest absolute Gasteiger partial charge is 0.496 e. The molecule has 1 aromatic carbocycles. The number of nitrogen functional groups attached to an aromatic ring is 1. The van der Waals surface area contributed by atoms with Crippen molar-refractivity contribution in [2.24, 2.45) is 5.73 Å². The van der Waals surface area contributed by atoms with Gasteiger partial charge in [-0.05, 0) is 26.3 Å². The molecule has 0 bridgehead atoms. The summed E-state index contributed by atoms with van der Waals surface area (Å²) in [6.07, 6.45) is 4.46. The van der Waals surface area contributed by atoms with Crippen LogP contribution in [0.2, 0.25) is 5.02 Å². The number of benzene rings is 1. The third kappa shape index (κ3) is 3.14. The van der Waals surface area contributed by atoms with Crippen LogP contribution in [-0.2, 0) is 6.42 Å². The Labute approximate surface area is 107 Å². The van der Waals surface area contributed by atoms with Gasteiger partial charge in [0.25, 0.3) is 0 Å². The van der Waals surface area contributed by atoms with Crippen molar-refractivity contribution in [1.82, 2.24) is 0 Å². The molecule has 94 valence electrons. The summed E-state index contributed by atoms with van der Waals surface area (Å²) in [6.45, 7) is 3.86. The van der Waals surface area contributed by atoms with E-state index in [1.807, 2.05) is 26.0 Å². The molecule has 0 amide bonds. The van der Waals surface area contributed by atoms with Crippen molar-refractivity contribution in [1.29, 1.82) is 0 Å². The Kier molecular flexibility index (Phi) is 4.85. The lowest BCUT2D eigenvalue weighted by Crippen LogP contribution is -2.19. The van der Waals surface area contributed by atoms with Gasteiger partial charge in [0.15, 0.2) is 0 Å².